The predicted molar refractivity (Wildman–Crippen MR) is 152 cm³/mol. The highest BCUT2D eigenvalue weighted by Gasteiger charge is 2.18. The maximum absolute atomic E-state index is 3.95. The van der Waals surface area contributed by atoms with Crippen molar-refractivity contribution >= 4 is 39.4 Å². The van der Waals surface area contributed by atoms with E-state index in [1.807, 2.05) is 6.08 Å². The maximum Gasteiger partial charge on any atom is 0.0543 e. The van der Waals surface area contributed by atoms with Gasteiger partial charge in [-0.2, -0.15) is 0 Å². The Morgan fingerprint density at radius 2 is 1.66 bits per heavy atom. The zero-order valence-corrected chi connectivity index (χ0v) is 19.7. The van der Waals surface area contributed by atoms with E-state index < -0.39 is 0 Å². The minimum absolute atomic E-state index is 1.09. The lowest BCUT2D eigenvalue weighted by atomic mass is 9.99. The van der Waals surface area contributed by atoms with E-state index >= 15 is 0 Å². The van der Waals surface area contributed by atoms with Crippen LogP contribution >= 0.6 is 0 Å². The van der Waals surface area contributed by atoms with Gasteiger partial charge in [0.05, 0.1) is 5.52 Å². The van der Waals surface area contributed by atoms with Crippen LogP contribution in [0.25, 0.3) is 45.1 Å². The lowest BCUT2D eigenvalue weighted by molar-refractivity contribution is 0.967. The summed E-state index contributed by atoms with van der Waals surface area (Å²) < 4.78 is 2.40. The van der Waals surface area contributed by atoms with E-state index in [9.17, 15) is 0 Å². The summed E-state index contributed by atoms with van der Waals surface area (Å²) in [6.07, 6.45) is 15.1. The van der Waals surface area contributed by atoms with Gasteiger partial charge in [0.15, 0.2) is 0 Å². The molecule has 0 aliphatic heterocycles. The topological polar surface area (TPSA) is 4.93 Å². The molecule has 0 spiro atoms. The highest BCUT2D eigenvalue weighted by Crippen LogP contribution is 2.35. The summed E-state index contributed by atoms with van der Waals surface area (Å²) >= 11 is 0. The Morgan fingerprint density at radius 1 is 0.829 bits per heavy atom. The molecule has 0 saturated carbocycles. The molecule has 0 saturated heterocycles. The molecule has 1 aliphatic rings. The second kappa shape index (κ2) is 9.12. The third kappa shape index (κ3) is 3.96. The fourth-order valence-corrected chi connectivity index (χ4v) is 5.14. The number of hydrogen-bond acceptors (Lipinski definition) is 0. The fraction of sp³-hybridized carbons (Fsp3) is 0.0588. The number of aryl methyl sites for hydroxylation is 1. The fourth-order valence-electron chi connectivity index (χ4n) is 5.14. The van der Waals surface area contributed by atoms with Crippen molar-refractivity contribution in [3.63, 3.8) is 0 Å². The quantitative estimate of drug-likeness (QED) is 0.236. The number of fused-ring (bicyclic) bond motifs is 4. The van der Waals surface area contributed by atoms with Crippen molar-refractivity contribution in [1.82, 2.24) is 4.57 Å². The van der Waals surface area contributed by atoms with E-state index in [4.69, 9.17) is 0 Å². The Labute approximate surface area is 206 Å². The molecular formula is C34H27N. The van der Waals surface area contributed by atoms with Crippen LogP contribution in [0.15, 0.2) is 122 Å². The SMILES string of the molecule is C=C/C=C(\C=C/c1ccc2c3c(n(-c4ccccc4)c2c1)C=CCC3)c1ccc2ccccc2c1. The Hall–Kier alpha value is -4.36. The first-order valence-electron chi connectivity index (χ1n) is 12.2. The summed E-state index contributed by atoms with van der Waals surface area (Å²) in [5.41, 5.74) is 8.74. The van der Waals surface area contributed by atoms with E-state index in [1.165, 1.54) is 49.7 Å². The van der Waals surface area contributed by atoms with Gasteiger partial charge < -0.3 is 4.57 Å². The van der Waals surface area contributed by atoms with Gasteiger partial charge in [-0.05, 0) is 76.2 Å². The standard InChI is InChI=1S/C34H27N/c1-2-10-26(29-21-20-27-11-6-7-12-28(27)24-29)19-17-25-18-22-32-31-15-8-9-16-33(31)35(34(32)23-25)30-13-4-3-5-14-30/h2-7,9-14,16-24H,1,8,15H2/b19-17-,26-10+. The van der Waals surface area contributed by atoms with Crippen LogP contribution in [0, 0.1) is 0 Å². The molecule has 0 N–H and O–H groups in total. The van der Waals surface area contributed by atoms with E-state index in [2.05, 4.69) is 133 Å². The monoisotopic (exact) mass is 449 g/mol. The Bertz CT molecular complexity index is 1640. The minimum atomic E-state index is 1.09. The normalized spacial score (nSPS) is 13.5. The molecule has 0 bridgehead atoms. The summed E-state index contributed by atoms with van der Waals surface area (Å²) in [6, 6.07) is 32.6. The molecule has 5 aromatic rings. The Balaban J connectivity index is 1.43. The maximum atomic E-state index is 3.95. The van der Waals surface area contributed by atoms with E-state index in [0.29, 0.717) is 0 Å². The summed E-state index contributed by atoms with van der Waals surface area (Å²) in [6.45, 7) is 3.95. The zero-order valence-electron chi connectivity index (χ0n) is 19.7. The summed E-state index contributed by atoms with van der Waals surface area (Å²) in [4.78, 5) is 0. The van der Waals surface area contributed by atoms with E-state index in [0.717, 1.165) is 18.4 Å². The van der Waals surface area contributed by atoms with Crippen molar-refractivity contribution in [3.8, 4) is 5.69 Å². The van der Waals surface area contributed by atoms with Gasteiger partial charge in [-0.15, -0.1) is 0 Å². The number of aromatic nitrogens is 1. The second-order valence-electron chi connectivity index (χ2n) is 9.01. The van der Waals surface area contributed by atoms with Crippen molar-refractivity contribution in [2.45, 2.75) is 12.8 Å². The minimum Gasteiger partial charge on any atom is -0.310 e. The van der Waals surface area contributed by atoms with Gasteiger partial charge in [0.2, 0.25) is 0 Å². The lowest BCUT2D eigenvalue weighted by Crippen LogP contribution is -1.99. The summed E-state index contributed by atoms with van der Waals surface area (Å²) in [5.74, 6) is 0. The molecule has 1 aliphatic carbocycles. The van der Waals surface area contributed by atoms with Gasteiger partial charge in [0.25, 0.3) is 0 Å². The van der Waals surface area contributed by atoms with Crippen molar-refractivity contribution in [2.24, 2.45) is 0 Å². The molecule has 0 unspecified atom stereocenters. The molecule has 168 valence electrons. The van der Waals surface area contributed by atoms with Crippen LogP contribution in [-0.4, -0.2) is 4.57 Å². The molecule has 1 aromatic heterocycles. The average Bonchev–Trinajstić information content (AvgIpc) is 3.25. The smallest absolute Gasteiger partial charge is 0.0543 e. The number of benzene rings is 4. The molecule has 6 rings (SSSR count). The third-order valence-corrected chi connectivity index (χ3v) is 6.82. The Kier molecular flexibility index (Phi) is 5.52. The largest absolute Gasteiger partial charge is 0.310 e. The molecule has 1 nitrogen and oxygen atoms in total. The summed E-state index contributed by atoms with van der Waals surface area (Å²) in [5, 5.41) is 3.85. The van der Waals surface area contributed by atoms with Crippen LogP contribution in [0.4, 0.5) is 0 Å². The van der Waals surface area contributed by atoms with Gasteiger partial charge in [0.1, 0.15) is 0 Å². The molecule has 4 aromatic carbocycles. The molecular weight excluding hydrogens is 422 g/mol. The first-order chi connectivity index (χ1) is 17.3. The molecule has 1 heteroatoms. The van der Waals surface area contributed by atoms with Crippen LogP contribution in [-0.2, 0) is 6.42 Å². The van der Waals surface area contributed by atoms with Gasteiger partial charge >= 0.3 is 0 Å². The van der Waals surface area contributed by atoms with Gasteiger partial charge in [-0.25, -0.2) is 0 Å². The number of allylic oxidation sites excluding steroid dienone is 5. The van der Waals surface area contributed by atoms with Gasteiger partial charge in [-0.3, -0.25) is 0 Å². The van der Waals surface area contributed by atoms with E-state index in [-0.39, 0.29) is 0 Å². The molecule has 35 heavy (non-hydrogen) atoms. The predicted octanol–water partition coefficient (Wildman–Crippen LogP) is 9.03. The third-order valence-electron chi connectivity index (χ3n) is 6.82. The van der Waals surface area contributed by atoms with Gasteiger partial charge in [0, 0.05) is 16.8 Å². The molecule has 1 heterocycles. The first-order valence-corrected chi connectivity index (χ1v) is 12.2. The number of para-hydroxylation sites is 1. The molecule has 0 atom stereocenters. The number of hydrogen-bond donors (Lipinski definition) is 0. The number of rotatable bonds is 5. The number of nitrogens with zero attached hydrogens (tertiary/aromatic N) is 1. The summed E-state index contributed by atoms with van der Waals surface area (Å²) in [7, 11) is 0. The zero-order chi connectivity index (χ0) is 23.6. The van der Waals surface area contributed by atoms with Crippen LogP contribution in [0.1, 0.15) is 28.8 Å². The molecule has 0 fully saturated rings. The average molecular weight is 450 g/mol. The van der Waals surface area contributed by atoms with Crippen LogP contribution in [0.3, 0.4) is 0 Å². The second-order valence-corrected chi connectivity index (χ2v) is 9.01. The van der Waals surface area contributed by atoms with Crippen molar-refractivity contribution in [3.05, 3.63) is 144 Å². The van der Waals surface area contributed by atoms with E-state index in [1.54, 1.807) is 0 Å². The van der Waals surface area contributed by atoms with Crippen molar-refractivity contribution in [1.29, 1.82) is 0 Å². The first kappa shape index (κ1) is 21.2. The molecule has 0 amide bonds. The highest BCUT2D eigenvalue weighted by atomic mass is 15.0. The van der Waals surface area contributed by atoms with Crippen molar-refractivity contribution < 1.29 is 0 Å². The molecule has 0 radical (unpaired) electrons. The Morgan fingerprint density at radius 3 is 2.51 bits per heavy atom. The lowest BCUT2D eigenvalue weighted by Gasteiger charge is -2.11. The van der Waals surface area contributed by atoms with Crippen LogP contribution < -0.4 is 0 Å². The van der Waals surface area contributed by atoms with Crippen molar-refractivity contribution in [2.75, 3.05) is 0 Å². The van der Waals surface area contributed by atoms with Crippen LogP contribution in [0.5, 0.6) is 0 Å². The van der Waals surface area contributed by atoms with Gasteiger partial charge in [-0.1, -0.05) is 104 Å². The highest BCUT2D eigenvalue weighted by molar-refractivity contribution is 5.93. The van der Waals surface area contributed by atoms with Crippen LogP contribution in [0.2, 0.25) is 0 Å².